The Hall–Kier alpha value is -7.42. The lowest BCUT2D eigenvalue weighted by Crippen LogP contribution is -2.54. The lowest BCUT2D eigenvalue weighted by Gasteiger charge is -2.42. The number of alkyl halides is 1. The summed E-state index contributed by atoms with van der Waals surface area (Å²) in [5.74, 6) is -3.28. The number of amides is 4. The molecule has 2 aromatic heterocycles. The number of imide groups is 2. The van der Waals surface area contributed by atoms with Crippen LogP contribution in [-0.4, -0.2) is 129 Å². The van der Waals surface area contributed by atoms with Crippen LogP contribution in [0.5, 0.6) is 11.5 Å². The maximum absolute atomic E-state index is 15.2. The van der Waals surface area contributed by atoms with Gasteiger partial charge in [0.05, 0.1) is 45.8 Å². The third-order valence-corrected chi connectivity index (χ3v) is 14.9. The summed E-state index contributed by atoms with van der Waals surface area (Å²) in [6.07, 6.45) is 6.88. The largest absolute Gasteiger partial charge is 0.453 e. The summed E-state index contributed by atoms with van der Waals surface area (Å²) >= 11 is 0. The zero-order valence-electron chi connectivity index (χ0n) is 36.8. The molecule has 5 aromatic rings. The summed E-state index contributed by atoms with van der Waals surface area (Å²) in [5.41, 5.74) is 0.755. The molecule has 20 nitrogen and oxygen atoms in total. The van der Waals surface area contributed by atoms with Crippen LogP contribution in [0.1, 0.15) is 71.2 Å². The Morgan fingerprint density at radius 1 is 0.826 bits per heavy atom. The molecule has 10 rings (SSSR count). The van der Waals surface area contributed by atoms with E-state index in [4.69, 9.17) is 4.74 Å². The molecule has 23 heteroatoms. The Kier molecular flexibility index (Phi) is 12.0. The number of anilines is 3. The van der Waals surface area contributed by atoms with Crippen molar-refractivity contribution >= 4 is 62.1 Å². The van der Waals surface area contributed by atoms with Crippen LogP contribution in [0.4, 0.5) is 26.1 Å². The molecule has 4 aliphatic heterocycles. The highest BCUT2D eigenvalue weighted by Gasteiger charge is 2.45. The number of rotatable bonds is 11. The van der Waals surface area contributed by atoms with Gasteiger partial charge in [-0.1, -0.05) is 0 Å². The Balaban J connectivity index is 0.736. The molecule has 69 heavy (non-hydrogen) atoms. The topological polar surface area (TPSA) is 245 Å². The van der Waals surface area contributed by atoms with Crippen molar-refractivity contribution in [3.05, 3.63) is 100 Å². The van der Waals surface area contributed by atoms with E-state index >= 15 is 4.39 Å². The fourth-order valence-corrected chi connectivity index (χ4v) is 11.0. The van der Waals surface area contributed by atoms with Crippen LogP contribution in [0.15, 0.2) is 72.0 Å². The first-order chi connectivity index (χ1) is 33.2. The second kappa shape index (κ2) is 18.2. The summed E-state index contributed by atoms with van der Waals surface area (Å²) in [7, 11) is -4.26. The maximum atomic E-state index is 15.2. The first kappa shape index (κ1) is 45.4. The molecular formula is C46H44F2N12O8S. The Labute approximate surface area is 393 Å². The summed E-state index contributed by atoms with van der Waals surface area (Å²) < 4.78 is 64.9. The molecule has 0 radical (unpaired) electrons. The van der Waals surface area contributed by atoms with Gasteiger partial charge in [0.2, 0.25) is 17.8 Å². The van der Waals surface area contributed by atoms with Crippen LogP contribution in [0.25, 0.3) is 16.6 Å². The van der Waals surface area contributed by atoms with E-state index in [1.165, 1.54) is 41.5 Å². The normalized spacial score (nSPS) is 22.4. The van der Waals surface area contributed by atoms with Crippen LogP contribution in [0.2, 0.25) is 0 Å². The van der Waals surface area contributed by atoms with Crippen LogP contribution in [0, 0.1) is 17.1 Å². The van der Waals surface area contributed by atoms with Gasteiger partial charge in [-0.05, 0) is 87.1 Å². The number of benzene rings is 3. The molecule has 1 aliphatic carbocycles. The molecule has 0 spiro atoms. The fraction of sp³-hybridized carbons (Fsp3) is 0.370. The molecule has 3 aromatic carbocycles. The van der Waals surface area contributed by atoms with Gasteiger partial charge in [-0.3, -0.25) is 48.4 Å². The highest BCUT2D eigenvalue weighted by atomic mass is 32.2. The van der Waals surface area contributed by atoms with Crippen molar-refractivity contribution in [2.45, 2.75) is 69.2 Å². The van der Waals surface area contributed by atoms with Crippen LogP contribution in [0.3, 0.4) is 0 Å². The predicted octanol–water partition coefficient (Wildman–Crippen LogP) is 3.63. The van der Waals surface area contributed by atoms with Gasteiger partial charge in [-0.25, -0.2) is 23.7 Å². The van der Waals surface area contributed by atoms with E-state index in [0.29, 0.717) is 23.2 Å². The maximum Gasteiger partial charge on any atom is 0.301 e. The number of halogens is 2. The van der Waals surface area contributed by atoms with Crippen molar-refractivity contribution in [1.29, 1.82) is 5.26 Å². The van der Waals surface area contributed by atoms with Crippen molar-refractivity contribution in [2.75, 3.05) is 54.2 Å². The summed E-state index contributed by atoms with van der Waals surface area (Å²) in [6, 6.07) is 12.7. The van der Waals surface area contributed by atoms with Crippen molar-refractivity contribution < 1.29 is 41.1 Å². The standard InChI is InChI=1S/C46H44F2N12O8S/c47-26-13-14-58(24-26)69(66,67)55-38-10-8-36(48)41(35(38)21-49)68-31-6-9-37-34(20-31)43(63)59(25-52-37)30-22-50-46(51-23-30)53-27-1-3-28(4-2-27)56-15-17-57(18-16-56)29-5-7-32-33(19-29)45(65)60(44(32)64)39-11-12-40(61)54-42(39)62/h5-10,19-20,22-23,25-28,39,55H,1-4,11-18,24H2,(H,50,51,53)(H,54,61,62)/t26-,27?,28?,39?/m1/s1. The van der Waals surface area contributed by atoms with Crippen molar-refractivity contribution in [1.82, 2.24) is 38.9 Å². The summed E-state index contributed by atoms with van der Waals surface area (Å²) in [5, 5.41) is 15.7. The highest BCUT2D eigenvalue weighted by molar-refractivity contribution is 7.90. The lowest BCUT2D eigenvalue weighted by atomic mass is 9.90. The van der Waals surface area contributed by atoms with Crippen molar-refractivity contribution in [3.63, 3.8) is 0 Å². The molecule has 4 fully saturated rings. The Bertz CT molecular complexity index is 3140. The van der Waals surface area contributed by atoms with Gasteiger partial charge in [0.25, 0.3) is 17.4 Å². The zero-order chi connectivity index (χ0) is 48.1. The van der Waals surface area contributed by atoms with E-state index in [1.54, 1.807) is 18.2 Å². The van der Waals surface area contributed by atoms with E-state index in [1.807, 2.05) is 6.07 Å². The first-order valence-electron chi connectivity index (χ1n) is 22.5. The molecule has 1 unspecified atom stereocenters. The van der Waals surface area contributed by atoms with Crippen LogP contribution < -0.4 is 30.6 Å². The minimum Gasteiger partial charge on any atom is -0.453 e. The van der Waals surface area contributed by atoms with E-state index in [2.05, 4.69) is 40.1 Å². The molecule has 4 amide bonds. The van der Waals surface area contributed by atoms with Gasteiger partial charge in [0.15, 0.2) is 11.6 Å². The van der Waals surface area contributed by atoms with Gasteiger partial charge >= 0.3 is 10.2 Å². The number of carbonyl (C=O) groups excluding carboxylic acids is 4. The number of aromatic nitrogens is 4. The molecule has 2 atom stereocenters. The lowest BCUT2D eigenvalue weighted by molar-refractivity contribution is -0.136. The van der Waals surface area contributed by atoms with Gasteiger partial charge < -0.3 is 15.0 Å². The summed E-state index contributed by atoms with van der Waals surface area (Å²) in [6.45, 7) is 2.71. The first-order valence-corrected chi connectivity index (χ1v) is 24.0. The number of carbonyl (C=O) groups is 4. The van der Waals surface area contributed by atoms with Gasteiger partial charge in [-0.15, -0.1) is 0 Å². The van der Waals surface area contributed by atoms with Crippen LogP contribution in [-0.2, 0) is 19.8 Å². The second-order valence-electron chi connectivity index (χ2n) is 17.6. The molecule has 0 bridgehead atoms. The average Bonchev–Trinajstić information content (AvgIpc) is 3.90. The molecule has 5 aliphatic rings. The molecule has 6 heterocycles. The minimum absolute atomic E-state index is 0.0293. The van der Waals surface area contributed by atoms with E-state index in [-0.39, 0.29) is 66.3 Å². The Morgan fingerprint density at radius 3 is 2.29 bits per heavy atom. The predicted molar refractivity (Wildman–Crippen MR) is 244 cm³/mol. The average molecular weight is 963 g/mol. The third kappa shape index (κ3) is 8.81. The molecular weight excluding hydrogens is 919 g/mol. The van der Waals surface area contributed by atoms with E-state index in [0.717, 1.165) is 78.9 Å². The van der Waals surface area contributed by atoms with Gasteiger partial charge in [0.1, 0.15) is 35.9 Å². The minimum atomic E-state index is -4.26. The zero-order valence-corrected chi connectivity index (χ0v) is 37.6. The van der Waals surface area contributed by atoms with E-state index < -0.39 is 68.7 Å². The van der Waals surface area contributed by atoms with Crippen molar-refractivity contribution in [3.8, 4) is 23.3 Å². The summed E-state index contributed by atoms with van der Waals surface area (Å²) in [4.78, 5) is 83.5. The molecule has 3 N–H and O–H groups in total. The van der Waals surface area contributed by atoms with Gasteiger partial charge in [0, 0.05) is 63.5 Å². The highest BCUT2D eigenvalue weighted by Crippen LogP contribution is 2.36. The number of piperidine rings is 1. The fourth-order valence-electron chi connectivity index (χ4n) is 9.72. The third-order valence-electron chi connectivity index (χ3n) is 13.4. The smallest absolute Gasteiger partial charge is 0.301 e. The number of hydrogen-bond acceptors (Lipinski definition) is 15. The molecule has 3 saturated heterocycles. The number of nitrogens with zero attached hydrogens (tertiary/aromatic N) is 9. The monoisotopic (exact) mass is 962 g/mol. The van der Waals surface area contributed by atoms with Crippen molar-refractivity contribution in [2.24, 2.45) is 0 Å². The number of nitrogens with one attached hydrogen (secondary N) is 3. The number of piperazine rings is 1. The second-order valence-corrected chi connectivity index (χ2v) is 19.2. The number of fused-ring (bicyclic) bond motifs is 2. The van der Waals surface area contributed by atoms with E-state index in [9.17, 15) is 42.0 Å². The number of nitriles is 1. The number of hydrogen-bond donors (Lipinski definition) is 3. The quantitative estimate of drug-likeness (QED) is 0.160. The van der Waals surface area contributed by atoms with Gasteiger partial charge in [-0.2, -0.15) is 18.0 Å². The molecule has 1 saturated carbocycles. The molecule has 356 valence electrons. The Morgan fingerprint density at radius 2 is 1.58 bits per heavy atom. The number of ether oxygens (including phenoxy) is 1. The van der Waals surface area contributed by atoms with Crippen LogP contribution >= 0.6 is 0 Å². The SMILES string of the molecule is N#Cc1c(NS(=O)(=O)N2CC[C@@H](F)C2)ccc(F)c1Oc1ccc2ncn(-c3cnc(NC4CCC(N5CCN(c6ccc7c(c6)C(=O)N(C6CCC(=O)NC6=O)C7=O)CC5)CC4)nc3)c(=O)c2c1.